The fraction of sp³-hybridized carbons (Fsp3) is 0.818. The summed E-state index contributed by atoms with van der Waals surface area (Å²) < 4.78 is -0.533. The van der Waals surface area contributed by atoms with Crippen molar-refractivity contribution in [2.75, 3.05) is 0 Å². The van der Waals surface area contributed by atoms with Gasteiger partial charge in [-0.25, -0.2) is 0 Å². The number of carboxylic acid groups (broad SMARTS) is 1. The number of carbonyl (C=O) groups is 2. The van der Waals surface area contributed by atoms with Crippen LogP contribution in [0.2, 0.25) is 0 Å². The van der Waals surface area contributed by atoms with Gasteiger partial charge in [-0.15, -0.1) is 0 Å². The zero-order valence-electron chi connectivity index (χ0n) is 17.1. The van der Waals surface area contributed by atoms with Crippen molar-refractivity contribution >= 4 is 27.7 Å². The van der Waals surface area contributed by atoms with Crippen LogP contribution in [0.3, 0.4) is 0 Å². The van der Waals surface area contributed by atoms with Gasteiger partial charge < -0.3 is 10.2 Å². The number of rotatable bonds is 4. The Morgan fingerprint density at radius 2 is 1.97 bits per heavy atom. The molecule has 3 saturated carbocycles. The Morgan fingerprint density at radius 3 is 2.62 bits per heavy atom. The fourth-order valence-corrected chi connectivity index (χ4v) is 8.75. The molecule has 0 saturated heterocycles. The van der Waals surface area contributed by atoms with E-state index in [1.807, 2.05) is 6.92 Å². The van der Waals surface area contributed by atoms with Crippen LogP contribution < -0.4 is 0 Å². The van der Waals surface area contributed by atoms with E-state index in [-0.39, 0.29) is 35.9 Å². The predicted octanol–water partition coefficient (Wildman–Crippen LogP) is 4.38. The minimum atomic E-state index is -1.09. The SMILES string of the molecule is C[C@]12CCC(=O)C=C1CC[C@H]1[C@@H]3CC[C@@](O)(CCC(=O)O)[C@@]3(C)C[C@H](N=O)[C@@]12Br. The Morgan fingerprint density at radius 1 is 1.24 bits per heavy atom. The Bertz CT molecular complexity index is 798. The molecule has 2 N–H and O–H groups in total. The van der Waals surface area contributed by atoms with Gasteiger partial charge in [-0.2, -0.15) is 4.91 Å². The molecule has 4 aliphatic carbocycles. The molecule has 7 atom stereocenters. The van der Waals surface area contributed by atoms with Gasteiger partial charge in [-0.1, -0.05) is 40.5 Å². The summed E-state index contributed by atoms with van der Waals surface area (Å²) >= 11 is 4.06. The van der Waals surface area contributed by atoms with Crippen LogP contribution in [0.4, 0.5) is 0 Å². The van der Waals surface area contributed by atoms with Gasteiger partial charge in [0.05, 0.1) is 9.93 Å². The Labute approximate surface area is 179 Å². The Kier molecular flexibility index (Phi) is 4.90. The van der Waals surface area contributed by atoms with Crippen molar-refractivity contribution in [1.29, 1.82) is 0 Å². The molecule has 0 unspecified atom stereocenters. The molecule has 0 spiro atoms. The van der Waals surface area contributed by atoms with Gasteiger partial charge in [0, 0.05) is 23.7 Å². The lowest BCUT2D eigenvalue weighted by Gasteiger charge is -2.65. The minimum Gasteiger partial charge on any atom is -0.481 e. The fourth-order valence-electron chi connectivity index (χ4n) is 7.50. The number of allylic oxidation sites excluding steroid dienone is 1. The molecule has 7 heteroatoms. The lowest BCUT2D eigenvalue weighted by Crippen LogP contribution is -2.67. The van der Waals surface area contributed by atoms with Crippen molar-refractivity contribution in [3.05, 3.63) is 16.6 Å². The van der Waals surface area contributed by atoms with E-state index in [1.165, 1.54) is 0 Å². The summed E-state index contributed by atoms with van der Waals surface area (Å²) in [5.41, 5.74) is -0.818. The first kappa shape index (κ1) is 21.2. The van der Waals surface area contributed by atoms with Gasteiger partial charge >= 0.3 is 5.97 Å². The molecule has 0 aromatic rings. The number of hydrogen-bond acceptors (Lipinski definition) is 5. The van der Waals surface area contributed by atoms with Gasteiger partial charge in [0.25, 0.3) is 0 Å². The van der Waals surface area contributed by atoms with Crippen molar-refractivity contribution in [2.24, 2.45) is 27.8 Å². The first-order valence-electron chi connectivity index (χ1n) is 10.7. The highest BCUT2D eigenvalue weighted by atomic mass is 79.9. The van der Waals surface area contributed by atoms with Crippen LogP contribution in [0.1, 0.15) is 71.6 Å². The standard InChI is InChI=1S/C22H30BrNO5/c1-19-8-5-14(25)11-13(19)3-4-16-15-6-9-21(28,10-7-18(26)27)20(15,2)12-17(24-29)22(16,19)23/h11,15-17,28H,3-10,12H2,1-2H3,(H,26,27)/t15-,16-,17-,19-,20-,21+,22-/m0/s1. The summed E-state index contributed by atoms with van der Waals surface area (Å²) in [5, 5.41) is 24.3. The van der Waals surface area contributed by atoms with Crippen molar-refractivity contribution in [1.82, 2.24) is 0 Å². The Balaban J connectivity index is 1.77. The summed E-state index contributed by atoms with van der Waals surface area (Å²) in [7, 11) is 0. The molecule has 6 nitrogen and oxygen atoms in total. The van der Waals surface area contributed by atoms with Crippen LogP contribution in [0.15, 0.2) is 16.8 Å². The van der Waals surface area contributed by atoms with Crippen molar-refractivity contribution < 1.29 is 19.8 Å². The zero-order chi connectivity index (χ0) is 21.2. The molecule has 0 radical (unpaired) electrons. The second kappa shape index (κ2) is 6.71. The molecular weight excluding hydrogens is 438 g/mol. The summed E-state index contributed by atoms with van der Waals surface area (Å²) in [6, 6.07) is -0.537. The molecule has 0 aliphatic heterocycles. The molecule has 4 aliphatic rings. The number of aliphatic hydroxyl groups is 1. The maximum Gasteiger partial charge on any atom is 0.303 e. The number of halogens is 1. The van der Waals surface area contributed by atoms with Crippen LogP contribution in [0.5, 0.6) is 0 Å². The van der Waals surface area contributed by atoms with Gasteiger partial charge in [-0.3, -0.25) is 9.59 Å². The van der Waals surface area contributed by atoms with E-state index in [2.05, 4.69) is 28.0 Å². The van der Waals surface area contributed by atoms with Crippen LogP contribution in [0.25, 0.3) is 0 Å². The largest absolute Gasteiger partial charge is 0.481 e. The molecule has 0 aromatic heterocycles. The van der Waals surface area contributed by atoms with E-state index in [4.69, 9.17) is 5.11 Å². The van der Waals surface area contributed by atoms with E-state index in [9.17, 15) is 19.6 Å². The second-order valence-corrected chi connectivity index (χ2v) is 11.5. The molecular formula is C22H30BrNO5. The quantitative estimate of drug-likeness (QED) is 0.471. The maximum absolute atomic E-state index is 12.2. The summed E-state index contributed by atoms with van der Waals surface area (Å²) in [5.74, 6) is -0.409. The number of nitroso groups, excluding NO2 is 1. The first-order valence-corrected chi connectivity index (χ1v) is 11.5. The van der Waals surface area contributed by atoms with Gasteiger partial charge in [0.1, 0.15) is 6.04 Å². The number of carbonyl (C=O) groups excluding carboxylic acids is 1. The number of nitrogens with zero attached hydrogens (tertiary/aromatic N) is 1. The molecule has 0 amide bonds. The van der Waals surface area contributed by atoms with Crippen molar-refractivity contribution in [2.45, 2.75) is 87.6 Å². The third-order valence-corrected chi connectivity index (χ3v) is 11.2. The van der Waals surface area contributed by atoms with E-state index in [0.29, 0.717) is 25.7 Å². The average Bonchev–Trinajstić information content (AvgIpc) is 2.92. The number of fused-ring (bicyclic) bond motifs is 5. The van der Waals surface area contributed by atoms with Crippen LogP contribution in [-0.4, -0.2) is 37.9 Å². The summed E-state index contributed by atoms with van der Waals surface area (Å²) in [6.07, 6.45) is 6.61. The molecule has 0 heterocycles. The molecule has 0 aromatic carbocycles. The Hall–Kier alpha value is -1.08. The molecule has 160 valence electrons. The summed E-state index contributed by atoms with van der Waals surface area (Å²) in [4.78, 5) is 35.4. The number of aliphatic carboxylic acids is 1. The van der Waals surface area contributed by atoms with Gasteiger partial charge in [0.2, 0.25) is 0 Å². The average molecular weight is 468 g/mol. The van der Waals surface area contributed by atoms with Crippen LogP contribution in [-0.2, 0) is 9.59 Å². The third kappa shape index (κ3) is 2.68. The van der Waals surface area contributed by atoms with Gasteiger partial charge in [0.15, 0.2) is 5.78 Å². The number of hydrogen-bond donors (Lipinski definition) is 2. The van der Waals surface area contributed by atoms with E-state index >= 15 is 0 Å². The van der Waals surface area contributed by atoms with E-state index in [1.54, 1.807) is 6.08 Å². The normalized spacial score (nSPS) is 48.9. The van der Waals surface area contributed by atoms with Crippen LogP contribution in [0, 0.1) is 27.6 Å². The first-order chi connectivity index (χ1) is 13.5. The minimum absolute atomic E-state index is 0.0746. The molecule has 0 bridgehead atoms. The molecule has 3 fully saturated rings. The van der Waals surface area contributed by atoms with Crippen molar-refractivity contribution in [3.8, 4) is 0 Å². The van der Waals surface area contributed by atoms with E-state index in [0.717, 1.165) is 24.8 Å². The topological polar surface area (TPSA) is 104 Å². The van der Waals surface area contributed by atoms with Gasteiger partial charge in [-0.05, 0) is 62.9 Å². The number of ketones is 1. The van der Waals surface area contributed by atoms with E-state index < -0.39 is 27.4 Å². The number of alkyl halides is 1. The highest BCUT2D eigenvalue weighted by Crippen LogP contribution is 2.72. The highest BCUT2D eigenvalue weighted by Gasteiger charge is 2.72. The second-order valence-electron chi connectivity index (χ2n) is 10.2. The predicted molar refractivity (Wildman–Crippen MR) is 112 cm³/mol. The lowest BCUT2D eigenvalue weighted by atomic mass is 9.44. The lowest BCUT2D eigenvalue weighted by molar-refractivity contribution is -0.146. The zero-order valence-corrected chi connectivity index (χ0v) is 18.7. The van der Waals surface area contributed by atoms with Crippen molar-refractivity contribution in [3.63, 3.8) is 0 Å². The number of carboxylic acids is 1. The van der Waals surface area contributed by atoms with Crippen LogP contribution >= 0.6 is 15.9 Å². The monoisotopic (exact) mass is 467 g/mol. The third-order valence-electron chi connectivity index (χ3n) is 9.24. The summed E-state index contributed by atoms with van der Waals surface area (Å²) in [6.45, 7) is 4.20. The molecule has 4 rings (SSSR count). The smallest absolute Gasteiger partial charge is 0.303 e. The maximum atomic E-state index is 12.2. The highest BCUT2D eigenvalue weighted by molar-refractivity contribution is 9.10. The molecule has 29 heavy (non-hydrogen) atoms.